The van der Waals surface area contributed by atoms with Gasteiger partial charge in [0.2, 0.25) is 0 Å². The summed E-state index contributed by atoms with van der Waals surface area (Å²) in [5, 5.41) is 3.41. The number of nitrogens with two attached hydrogens (primary N) is 1. The SMILES string of the molecule is Cc1ccc(CN)c(NCCN(C)C)c1. The van der Waals surface area contributed by atoms with Crippen LogP contribution in [0.15, 0.2) is 18.2 Å². The number of rotatable bonds is 5. The van der Waals surface area contributed by atoms with Crippen molar-refractivity contribution in [1.82, 2.24) is 4.90 Å². The van der Waals surface area contributed by atoms with Crippen molar-refractivity contribution >= 4 is 5.69 Å². The standard InChI is InChI=1S/C12H21N3/c1-10-4-5-11(9-13)12(8-10)14-6-7-15(2)3/h4-5,8,14H,6-7,9,13H2,1-3H3. The van der Waals surface area contributed by atoms with Crippen LogP contribution in [0.4, 0.5) is 5.69 Å². The van der Waals surface area contributed by atoms with Crippen molar-refractivity contribution in [3.8, 4) is 0 Å². The molecule has 3 N–H and O–H groups in total. The summed E-state index contributed by atoms with van der Waals surface area (Å²) in [4.78, 5) is 2.16. The quantitative estimate of drug-likeness (QED) is 0.767. The Morgan fingerprint density at radius 2 is 2.07 bits per heavy atom. The molecule has 1 aromatic carbocycles. The number of anilines is 1. The Balaban J connectivity index is 2.62. The van der Waals surface area contributed by atoms with Crippen LogP contribution in [0.2, 0.25) is 0 Å². The highest BCUT2D eigenvalue weighted by Crippen LogP contribution is 2.16. The van der Waals surface area contributed by atoms with Gasteiger partial charge >= 0.3 is 0 Å². The van der Waals surface area contributed by atoms with Crippen molar-refractivity contribution in [1.29, 1.82) is 0 Å². The van der Waals surface area contributed by atoms with E-state index in [9.17, 15) is 0 Å². The van der Waals surface area contributed by atoms with Crippen LogP contribution < -0.4 is 11.1 Å². The molecular formula is C12H21N3. The van der Waals surface area contributed by atoms with E-state index in [1.54, 1.807) is 0 Å². The van der Waals surface area contributed by atoms with E-state index in [0.29, 0.717) is 6.54 Å². The summed E-state index contributed by atoms with van der Waals surface area (Å²) in [6.45, 7) is 4.66. The summed E-state index contributed by atoms with van der Waals surface area (Å²) in [7, 11) is 4.14. The summed E-state index contributed by atoms with van der Waals surface area (Å²) in [6.07, 6.45) is 0. The molecule has 0 saturated heterocycles. The summed E-state index contributed by atoms with van der Waals surface area (Å²) in [5.41, 5.74) is 9.29. The second kappa shape index (κ2) is 5.73. The van der Waals surface area contributed by atoms with Crippen LogP contribution in [0.3, 0.4) is 0 Å². The zero-order chi connectivity index (χ0) is 11.3. The lowest BCUT2D eigenvalue weighted by atomic mass is 10.1. The molecule has 0 fully saturated rings. The van der Waals surface area contributed by atoms with Gasteiger partial charge in [-0.05, 0) is 38.2 Å². The second-order valence-electron chi connectivity index (χ2n) is 4.09. The van der Waals surface area contributed by atoms with Gasteiger partial charge < -0.3 is 16.0 Å². The molecule has 84 valence electrons. The number of hydrogen-bond acceptors (Lipinski definition) is 3. The Labute approximate surface area is 92.3 Å². The monoisotopic (exact) mass is 207 g/mol. The van der Waals surface area contributed by atoms with E-state index >= 15 is 0 Å². The Kier molecular flexibility index (Phi) is 4.59. The summed E-state index contributed by atoms with van der Waals surface area (Å²) in [5.74, 6) is 0. The number of likely N-dealkylation sites (N-methyl/N-ethyl adjacent to an activating group) is 1. The van der Waals surface area contributed by atoms with Crippen molar-refractivity contribution in [3.63, 3.8) is 0 Å². The van der Waals surface area contributed by atoms with Crippen LogP contribution in [0.25, 0.3) is 0 Å². The van der Waals surface area contributed by atoms with Crippen molar-refractivity contribution < 1.29 is 0 Å². The molecule has 0 aliphatic carbocycles. The van der Waals surface area contributed by atoms with Crippen molar-refractivity contribution in [2.75, 3.05) is 32.5 Å². The van der Waals surface area contributed by atoms with Gasteiger partial charge in [-0.25, -0.2) is 0 Å². The molecule has 0 aromatic heterocycles. The topological polar surface area (TPSA) is 41.3 Å². The highest BCUT2D eigenvalue weighted by Gasteiger charge is 2.00. The minimum absolute atomic E-state index is 0.588. The molecule has 1 rings (SSSR count). The van der Waals surface area contributed by atoms with Gasteiger partial charge in [-0.3, -0.25) is 0 Å². The third-order valence-electron chi connectivity index (χ3n) is 2.36. The molecule has 15 heavy (non-hydrogen) atoms. The van der Waals surface area contributed by atoms with Crippen molar-refractivity contribution in [3.05, 3.63) is 29.3 Å². The highest BCUT2D eigenvalue weighted by molar-refractivity contribution is 5.53. The minimum atomic E-state index is 0.588. The van der Waals surface area contributed by atoms with Gasteiger partial charge in [-0.15, -0.1) is 0 Å². The predicted octanol–water partition coefficient (Wildman–Crippen LogP) is 1.43. The highest BCUT2D eigenvalue weighted by atomic mass is 15.1. The van der Waals surface area contributed by atoms with E-state index < -0.39 is 0 Å². The Morgan fingerprint density at radius 1 is 1.33 bits per heavy atom. The Hall–Kier alpha value is -1.06. The van der Waals surface area contributed by atoms with E-state index in [1.165, 1.54) is 16.8 Å². The van der Waals surface area contributed by atoms with E-state index in [2.05, 4.69) is 49.4 Å². The van der Waals surface area contributed by atoms with Crippen molar-refractivity contribution in [2.45, 2.75) is 13.5 Å². The van der Waals surface area contributed by atoms with Crippen molar-refractivity contribution in [2.24, 2.45) is 5.73 Å². The molecule has 0 spiro atoms. The zero-order valence-electron chi connectivity index (χ0n) is 9.88. The number of benzene rings is 1. The van der Waals surface area contributed by atoms with Gasteiger partial charge in [-0.1, -0.05) is 12.1 Å². The Morgan fingerprint density at radius 3 is 2.67 bits per heavy atom. The molecule has 0 aliphatic rings. The molecule has 0 heterocycles. The lowest BCUT2D eigenvalue weighted by Crippen LogP contribution is -2.21. The molecular weight excluding hydrogens is 186 g/mol. The van der Waals surface area contributed by atoms with Crippen LogP contribution in [0.1, 0.15) is 11.1 Å². The fraction of sp³-hybridized carbons (Fsp3) is 0.500. The van der Waals surface area contributed by atoms with E-state index in [1.807, 2.05) is 0 Å². The largest absolute Gasteiger partial charge is 0.383 e. The van der Waals surface area contributed by atoms with E-state index in [4.69, 9.17) is 5.73 Å². The summed E-state index contributed by atoms with van der Waals surface area (Å²) < 4.78 is 0. The first-order chi connectivity index (χ1) is 7.13. The number of aryl methyl sites for hydroxylation is 1. The van der Waals surface area contributed by atoms with Gasteiger partial charge in [0.05, 0.1) is 0 Å². The third kappa shape index (κ3) is 3.90. The molecule has 0 unspecified atom stereocenters. The predicted molar refractivity (Wildman–Crippen MR) is 66.1 cm³/mol. The molecule has 1 aromatic rings. The van der Waals surface area contributed by atoms with Crippen LogP contribution in [0, 0.1) is 6.92 Å². The molecule has 0 radical (unpaired) electrons. The third-order valence-corrected chi connectivity index (χ3v) is 2.36. The van der Waals surface area contributed by atoms with Crippen LogP contribution in [0.5, 0.6) is 0 Å². The fourth-order valence-electron chi connectivity index (χ4n) is 1.45. The maximum absolute atomic E-state index is 5.68. The zero-order valence-corrected chi connectivity index (χ0v) is 9.88. The average molecular weight is 207 g/mol. The van der Waals surface area contributed by atoms with Crippen LogP contribution >= 0.6 is 0 Å². The minimum Gasteiger partial charge on any atom is -0.383 e. The van der Waals surface area contributed by atoms with E-state index in [0.717, 1.165) is 13.1 Å². The smallest absolute Gasteiger partial charge is 0.0388 e. The fourth-order valence-corrected chi connectivity index (χ4v) is 1.45. The first-order valence-electron chi connectivity index (χ1n) is 5.31. The first kappa shape index (κ1) is 12.0. The molecule has 0 atom stereocenters. The molecule has 3 nitrogen and oxygen atoms in total. The molecule has 0 amide bonds. The van der Waals surface area contributed by atoms with Gasteiger partial charge in [0, 0.05) is 25.3 Å². The second-order valence-corrected chi connectivity index (χ2v) is 4.09. The Bertz CT molecular complexity index is 308. The first-order valence-corrected chi connectivity index (χ1v) is 5.31. The molecule has 0 saturated carbocycles. The number of nitrogens with zero attached hydrogens (tertiary/aromatic N) is 1. The average Bonchev–Trinajstić information content (AvgIpc) is 2.17. The molecule has 3 heteroatoms. The molecule has 0 aliphatic heterocycles. The molecule has 0 bridgehead atoms. The summed E-state index contributed by atoms with van der Waals surface area (Å²) >= 11 is 0. The summed E-state index contributed by atoms with van der Waals surface area (Å²) in [6, 6.07) is 6.34. The lowest BCUT2D eigenvalue weighted by molar-refractivity contribution is 0.425. The number of nitrogens with one attached hydrogen (secondary N) is 1. The van der Waals surface area contributed by atoms with Crippen LogP contribution in [-0.4, -0.2) is 32.1 Å². The van der Waals surface area contributed by atoms with Gasteiger partial charge in [0.1, 0.15) is 0 Å². The van der Waals surface area contributed by atoms with Gasteiger partial charge in [0.25, 0.3) is 0 Å². The van der Waals surface area contributed by atoms with E-state index in [-0.39, 0.29) is 0 Å². The lowest BCUT2D eigenvalue weighted by Gasteiger charge is -2.14. The maximum Gasteiger partial charge on any atom is 0.0388 e. The normalized spacial score (nSPS) is 10.7. The maximum atomic E-state index is 5.68. The van der Waals surface area contributed by atoms with Crippen LogP contribution in [-0.2, 0) is 6.54 Å². The van der Waals surface area contributed by atoms with Gasteiger partial charge in [0.15, 0.2) is 0 Å². The van der Waals surface area contributed by atoms with Gasteiger partial charge in [-0.2, -0.15) is 0 Å². The number of hydrogen-bond donors (Lipinski definition) is 2.